The fourth-order valence-electron chi connectivity index (χ4n) is 2.16. The van der Waals surface area contributed by atoms with E-state index in [1.165, 1.54) is 0 Å². The molecule has 7 heteroatoms. The lowest BCUT2D eigenvalue weighted by Gasteiger charge is -2.18. The van der Waals surface area contributed by atoms with Gasteiger partial charge in [-0.2, -0.15) is 0 Å². The minimum absolute atomic E-state index is 0.149. The van der Waals surface area contributed by atoms with Gasteiger partial charge >= 0.3 is 0 Å². The van der Waals surface area contributed by atoms with E-state index in [0.29, 0.717) is 29.3 Å². The number of carbonyl (C=O) groups excluding carboxylic acids is 2. The van der Waals surface area contributed by atoms with E-state index in [0.717, 1.165) is 0 Å². The molecule has 0 saturated carbocycles. The smallest absolute Gasteiger partial charge is 0.262 e. The molecule has 2 rings (SSSR count). The first kappa shape index (κ1) is 20.3. The third-order valence-electron chi connectivity index (χ3n) is 3.54. The lowest BCUT2D eigenvalue weighted by Crippen LogP contribution is -2.45. The van der Waals surface area contributed by atoms with E-state index in [2.05, 4.69) is 10.6 Å². The molecule has 144 valence electrons. The van der Waals surface area contributed by atoms with Crippen LogP contribution in [0.4, 0.5) is 5.69 Å². The van der Waals surface area contributed by atoms with Gasteiger partial charge in [0.25, 0.3) is 11.8 Å². The van der Waals surface area contributed by atoms with Crippen molar-refractivity contribution in [1.82, 2.24) is 5.32 Å². The predicted octanol–water partition coefficient (Wildman–Crippen LogP) is 2.18. The predicted molar refractivity (Wildman–Crippen MR) is 104 cm³/mol. The SMILES string of the molecule is COc1cccc(NC(=O)COc2ccc(C(=O)NCC(C)(C)N)cc2)c1. The Morgan fingerprint density at radius 2 is 1.78 bits per heavy atom. The van der Waals surface area contributed by atoms with Crippen molar-refractivity contribution in [2.75, 3.05) is 25.6 Å². The third kappa shape index (κ3) is 6.99. The summed E-state index contributed by atoms with van der Waals surface area (Å²) in [6.07, 6.45) is 0. The number of ether oxygens (including phenoxy) is 2. The number of methoxy groups -OCH3 is 1. The maximum Gasteiger partial charge on any atom is 0.262 e. The standard InChI is InChI=1S/C20H25N3O4/c1-20(2,21)13-22-19(25)14-7-9-16(10-8-14)27-12-18(24)23-15-5-4-6-17(11-15)26-3/h4-11H,12-13,21H2,1-3H3,(H,22,25)(H,23,24). The van der Waals surface area contributed by atoms with Gasteiger partial charge in [-0.3, -0.25) is 9.59 Å². The summed E-state index contributed by atoms with van der Waals surface area (Å²) < 4.78 is 10.6. The average molecular weight is 371 g/mol. The van der Waals surface area contributed by atoms with Gasteiger partial charge in [-0.1, -0.05) is 6.07 Å². The van der Waals surface area contributed by atoms with Crippen LogP contribution in [0.25, 0.3) is 0 Å². The highest BCUT2D eigenvalue weighted by Crippen LogP contribution is 2.17. The van der Waals surface area contributed by atoms with Crippen molar-refractivity contribution in [2.45, 2.75) is 19.4 Å². The number of anilines is 1. The quantitative estimate of drug-likeness (QED) is 0.660. The van der Waals surface area contributed by atoms with Gasteiger partial charge in [-0.25, -0.2) is 0 Å². The zero-order valence-corrected chi connectivity index (χ0v) is 15.7. The van der Waals surface area contributed by atoms with Crippen LogP contribution in [-0.4, -0.2) is 37.6 Å². The number of nitrogens with one attached hydrogen (secondary N) is 2. The number of carbonyl (C=O) groups is 2. The molecule has 0 unspecified atom stereocenters. The molecule has 2 amide bonds. The van der Waals surface area contributed by atoms with Gasteiger partial charge in [0, 0.05) is 29.4 Å². The summed E-state index contributed by atoms with van der Waals surface area (Å²) in [4.78, 5) is 24.0. The monoisotopic (exact) mass is 371 g/mol. The molecule has 0 atom stereocenters. The average Bonchev–Trinajstić information content (AvgIpc) is 2.64. The molecule has 0 heterocycles. The van der Waals surface area contributed by atoms with Crippen molar-refractivity contribution in [3.8, 4) is 11.5 Å². The Morgan fingerprint density at radius 1 is 1.07 bits per heavy atom. The second kappa shape index (κ2) is 9.05. The van der Waals surface area contributed by atoms with Crippen molar-refractivity contribution in [2.24, 2.45) is 5.73 Å². The van der Waals surface area contributed by atoms with Crippen molar-refractivity contribution in [1.29, 1.82) is 0 Å². The summed E-state index contributed by atoms with van der Waals surface area (Å²) in [5, 5.41) is 5.49. The van der Waals surface area contributed by atoms with Gasteiger partial charge in [0.05, 0.1) is 7.11 Å². The fraction of sp³-hybridized carbons (Fsp3) is 0.300. The molecule has 0 aliphatic carbocycles. The lowest BCUT2D eigenvalue weighted by molar-refractivity contribution is -0.118. The minimum Gasteiger partial charge on any atom is -0.497 e. The first-order valence-electron chi connectivity index (χ1n) is 8.51. The molecule has 27 heavy (non-hydrogen) atoms. The largest absolute Gasteiger partial charge is 0.497 e. The molecule has 0 bridgehead atoms. The Bertz CT molecular complexity index is 783. The molecule has 7 nitrogen and oxygen atoms in total. The maximum atomic E-state index is 12.0. The van der Waals surface area contributed by atoms with Crippen molar-refractivity contribution in [3.05, 3.63) is 54.1 Å². The second-order valence-electron chi connectivity index (χ2n) is 6.76. The Balaban J connectivity index is 1.83. The van der Waals surface area contributed by atoms with E-state index in [1.54, 1.807) is 55.6 Å². The fourth-order valence-corrected chi connectivity index (χ4v) is 2.16. The van der Waals surface area contributed by atoms with Crippen molar-refractivity contribution < 1.29 is 19.1 Å². The van der Waals surface area contributed by atoms with Gasteiger partial charge in [0.1, 0.15) is 11.5 Å². The minimum atomic E-state index is -0.477. The second-order valence-corrected chi connectivity index (χ2v) is 6.76. The third-order valence-corrected chi connectivity index (χ3v) is 3.54. The molecule has 0 aromatic heterocycles. The van der Waals surface area contributed by atoms with Crippen LogP contribution in [0, 0.1) is 0 Å². The summed E-state index contributed by atoms with van der Waals surface area (Å²) in [7, 11) is 1.56. The number of hydrogen-bond acceptors (Lipinski definition) is 5. The van der Waals surface area contributed by atoms with Gasteiger partial charge < -0.3 is 25.8 Å². The van der Waals surface area contributed by atoms with Gasteiger partial charge in [-0.15, -0.1) is 0 Å². The summed E-state index contributed by atoms with van der Waals surface area (Å²) in [5.74, 6) is 0.637. The first-order chi connectivity index (χ1) is 12.8. The molecular weight excluding hydrogens is 346 g/mol. The maximum absolute atomic E-state index is 12.0. The van der Waals surface area contributed by atoms with Crippen molar-refractivity contribution >= 4 is 17.5 Å². The number of benzene rings is 2. The summed E-state index contributed by atoms with van der Waals surface area (Å²) >= 11 is 0. The van der Waals surface area contributed by atoms with Crippen LogP contribution in [-0.2, 0) is 4.79 Å². The molecule has 4 N–H and O–H groups in total. The molecule has 0 fully saturated rings. The molecule has 0 saturated heterocycles. The van der Waals surface area contributed by atoms with Crippen molar-refractivity contribution in [3.63, 3.8) is 0 Å². The summed E-state index contributed by atoms with van der Waals surface area (Å²) in [6, 6.07) is 13.6. The van der Waals surface area contributed by atoms with Gasteiger partial charge in [-0.05, 0) is 50.2 Å². The van der Waals surface area contributed by atoms with Crippen LogP contribution in [0.3, 0.4) is 0 Å². The molecule has 2 aromatic carbocycles. The highest BCUT2D eigenvalue weighted by Gasteiger charge is 2.13. The number of amides is 2. The summed E-state index contributed by atoms with van der Waals surface area (Å²) in [6.45, 7) is 3.89. The van der Waals surface area contributed by atoms with Crippen LogP contribution >= 0.6 is 0 Å². The highest BCUT2D eigenvalue weighted by molar-refractivity contribution is 5.94. The van der Waals surface area contributed by atoms with E-state index in [-0.39, 0.29) is 18.4 Å². The van der Waals surface area contributed by atoms with Gasteiger partial charge in [0.2, 0.25) is 0 Å². The van der Waals surface area contributed by atoms with E-state index in [9.17, 15) is 9.59 Å². The zero-order chi connectivity index (χ0) is 19.9. The molecule has 0 aliphatic rings. The normalized spacial score (nSPS) is 10.8. The van der Waals surface area contributed by atoms with Crippen LogP contribution in [0.5, 0.6) is 11.5 Å². The Morgan fingerprint density at radius 3 is 2.41 bits per heavy atom. The number of rotatable bonds is 8. The Labute approximate surface area is 158 Å². The van der Waals surface area contributed by atoms with E-state index in [4.69, 9.17) is 15.2 Å². The molecule has 0 spiro atoms. The first-order valence-corrected chi connectivity index (χ1v) is 8.51. The molecule has 0 radical (unpaired) electrons. The topological polar surface area (TPSA) is 103 Å². The van der Waals surface area contributed by atoms with Crippen LogP contribution in [0.2, 0.25) is 0 Å². The van der Waals surface area contributed by atoms with Crippen LogP contribution in [0.1, 0.15) is 24.2 Å². The number of nitrogens with two attached hydrogens (primary N) is 1. The Kier molecular flexibility index (Phi) is 6.79. The molecule has 0 aliphatic heterocycles. The van der Waals surface area contributed by atoms with E-state index in [1.807, 2.05) is 13.8 Å². The zero-order valence-electron chi connectivity index (χ0n) is 15.7. The van der Waals surface area contributed by atoms with Crippen LogP contribution in [0.15, 0.2) is 48.5 Å². The Hall–Kier alpha value is -3.06. The molecule has 2 aromatic rings. The number of hydrogen-bond donors (Lipinski definition) is 3. The van der Waals surface area contributed by atoms with Crippen LogP contribution < -0.4 is 25.8 Å². The highest BCUT2D eigenvalue weighted by atomic mass is 16.5. The molecular formula is C20H25N3O4. The van der Waals surface area contributed by atoms with Gasteiger partial charge in [0.15, 0.2) is 6.61 Å². The lowest BCUT2D eigenvalue weighted by atomic mass is 10.1. The summed E-state index contributed by atoms with van der Waals surface area (Å²) in [5.41, 5.74) is 6.48. The van der Waals surface area contributed by atoms with E-state index < -0.39 is 5.54 Å². The van der Waals surface area contributed by atoms with E-state index >= 15 is 0 Å².